The number of anilines is 1. The molecule has 2 aliphatic carbocycles. The normalized spacial score (nSPS) is 22.1. The molecule has 3 aromatic rings. The van der Waals surface area contributed by atoms with E-state index in [1.165, 1.54) is 60.2 Å². The molecule has 6 rings (SSSR count). The Balaban J connectivity index is 1.12. The summed E-state index contributed by atoms with van der Waals surface area (Å²) in [6.45, 7) is 7.02. The molecular weight excluding hydrogens is 496 g/mol. The summed E-state index contributed by atoms with van der Waals surface area (Å²) in [6, 6.07) is 21.9. The van der Waals surface area contributed by atoms with Crippen molar-refractivity contribution < 1.29 is 14.6 Å². The van der Waals surface area contributed by atoms with Crippen molar-refractivity contribution in [1.82, 2.24) is 4.90 Å². The van der Waals surface area contributed by atoms with E-state index in [1.54, 1.807) is 7.11 Å². The van der Waals surface area contributed by atoms with Crippen molar-refractivity contribution in [2.75, 3.05) is 38.3 Å². The molecule has 3 unspecified atom stereocenters. The molecule has 1 saturated heterocycles. The number of methoxy groups -OCH3 is 1. The number of fused-ring (bicyclic) bond motifs is 2. The highest BCUT2D eigenvalue weighted by atomic mass is 16.5. The zero-order valence-corrected chi connectivity index (χ0v) is 24.1. The van der Waals surface area contributed by atoms with Crippen molar-refractivity contribution in [1.29, 1.82) is 0 Å². The number of ether oxygens (including phenoxy) is 2. The van der Waals surface area contributed by atoms with E-state index < -0.39 is 0 Å². The van der Waals surface area contributed by atoms with Crippen LogP contribution in [0.1, 0.15) is 67.2 Å². The van der Waals surface area contributed by atoms with Crippen molar-refractivity contribution >= 4 is 5.69 Å². The molecule has 3 atom stereocenters. The van der Waals surface area contributed by atoms with Gasteiger partial charge in [0.15, 0.2) is 0 Å². The number of likely N-dealkylation sites (tertiary alicyclic amines) is 1. The van der Waals surface area contributed by atoms with E-state index in [1.807, 2.05) is 12.1 Å². The number of phenolic OH excluding ortho intramolecular Hbond substituents is 1. The van der Waals surface area contributed by atoms with Crippen LogP contribution >= 0.6 is 0 Å². The molecule has 2 fully saturated rings. The average molecular weight is 541 g/mol. The predicted molar refractivity (Wildman–Crippen MR) is 162 cm³/mol. The van der Waals surface area contributed by atoms with Gasteiger partial charge in [0.2, 0.25) is 0 Å². The monoisotopic (exact) mass is 540 g/mol. The van der Waals surface area contributed by atoms with Crippen molar-refractivity contribution in [3.63, 3.8) is 0 Å². The maximum Gasteiger partial charge on any atom is 0.120 e. The number of piperidine rings is 1. The maximum atomic E-state index is 9.92. The molecule has 0 spiro atoms. The minimum absolute atomic E-state index is 0.365. The van der Waals surface area contributed by atoms with E-state index in [-0.39, 0.29) is 0 Å². The summed E-state index contributed by atoms with van der Waals surface area (Å²) in [6.07, 6.45) is 8.64. The molecule has 5 nitrogen and oxygen atoms in total. The van der Waals surface area contributed by atoms with Gasteiger partial charge in [0.1, 0.15) is 23.9 Å². The summed E-state index contributed by atoms with van der Waals surface area (Å²) < 4.78 is 11.8. The molecular formula is C35H44N2O3. The smallest absolute Gasteiger partial charge is 0.120 e. The van der Waals surface area contributed by atoms with E-state index in [0.29, 0.717) is 11.7 Å². The Morgan fingerprint density at radius 3 is 2.55 bits per heavy atom. The van der Waals surface area contributed by atoms with E-state index in [4.69, 9.17) is 9.47 Å². The lowest BCUT2D eigenvalue weighted by Gasteiger charge is -2.48. The first-order valence-electron chi connectivity index (χ1n) is 15.3. The zero-order valence-electron chi connectivity index (χ0n) is 24.1. The third kappa shape index (κ3) is 5.81. The molecule has 40 heavy (non-hydrogen) atoms. The van der Waals surface area contributed by atoms with Gasteiger partial charge in [-0.05, 0) is 123 Å². The van der Waals surface area contributed by atoms with E-state index >= 15 is 0 Å². The second-order valence-electron chi connectivity index (χ2n) is 11.9. The van der Waals surface area contributed by atoms with Gasteiger partial charge in [-0.15, -0.1) is 0 Å². The standard InChI is InChI=1S/C35H44N2O3/c1-3-36(24-25-6-13-31(14-7-25)40-20-19-37-18-4-5-26-11-17-34(26)37)35-23-32(39-2)15-16-33(35)29-9-8-28-22-30(38)12-10-27(28)21-29/h6-7,10,12-16,22-23,26,29,34,38H,3-5,8-9,11,17-21,24H2,1-2H3. The number of aryl methyl sites for hydroxylation is 1. The first kappa shape index (κ1) is 27.0. The second kappa shape index (κ2) is 12.1. The molecule has 3 aliphatic rings. The lowest BCUT2D eigenvalue weighted by molar-refractivity contribution is 0.0128. The molecule has 1 heterocycles. The summed E-state index contributed by atoms with van der Waals surface area (Å²) >= 11 is 0. The van der Waals surface area contributed by atoms with Crippen LogP contribution in [0.5, 0.6) is 17.2 Å². The van der Waals surface area contributed by atoms with Crippen LogP contribution in [-0.2, 0) is 19.4 Å². The number of benzene rings is 3. The van der Waals surface area contributed by atoms with Crippen LogP contribution in [-0.4, -0.2) is 49.4 Å². The Bertz CT molecular complexity index is 1290. The number of hydrogen-bond donors (Lipinski definition) is 1. The SMILES string of the molecule is CCN(Cc1ccc(OCCN2CCCC3CCC32)cc1)c1cc(OC)ccc1C1CCc2cc(O)ccc2C1. The third-order valence-electron chi connectivity index (χ3n) is 9.63. The van der Waals surface area contributed by atoms with E-state index in [9.17, 15) is 5.11 Å². The van der Waals surface area contributed by atoms with Gasteiger partial charge in [0, 0.05) is 37.4 Å². The molecule has 0 bridgehead atoms. The fourth-order valence-electron chi connectivity index (χ4n) is 7.20. The highest BCUT2D eigenvalue weighted by molar-refractivity contribution is 5.60. The third-order valence-corrected chi connectivity index (χ3v) is 9.63. The van der Waals surface area contributed by atoms with E-state index in [2.05, 4.69) is 65.3 Å². The van der Waals surface area contributed by atoms with Crippen LogP contribution in [0.4, 0.5) is 5.69 Å². The fourth-order valence-corrected chi connectivity index (χ4v) is 7.20. The average Bonchev–Trinajstić information content (AvgIpc) is 2.97. The second-order valence-corrected chi connectivity index (χ2v) is 11.9. The van der Waals surface area contributed by atoms with Crippen LogP contribution in [0.2, 0.25) is 0 Å². The fraction of sp³-hybridized carbons (Fsp3) is 0.486. The Morgan fingerprint density at radius 1 is 0.925 bits per heavy atom. The van der Waals surface area contributed by atoms with Gasteiger partial charge in [-0.25, -0.2) is 0 Å². The minimum Gasteiger partial charge on any atom is -0.508 e. The molecule has 0 radical (unpaired) electrons. The summed E-state index contributed by atoms with van der Waals surface area (Å²) in [4.78, 5) is 5.12. The molecule has 1 saturated carbocycles. The van der Waals surface area contributed by atoms with Crippen LogP contribution < -0.4 is 14.4 Å². The van der Waals surface area contributed by atoms with Crippen LogP contribution in [0.25, 0.3) is 0 Å². The van der Waals surface area contributed by atoms with Gasteiger partial charge in [-0.2, -0.15) is 0 Å². The van der Waals surface area contributed by atoms with E-state index in [0.717, 1.165) is 69.0 Å². The van der Waals surface area contributed by atoms with Gasteiger partial charge in [0.05, 0.1) is 7.11 Å². The predicted octanol–water partition coefficient (Wildman–Crippen LogP) is 6.95. The van der Waals surface area contributed by atoms with Gasteiger partial charge in [-0.1, -0.05) is 24.3 Å². The Morgan fingerprint density at radius 2 is 1.77 bits per heavy atom. The number of hydrogen-bond acceptors (Lipinski definition) is 5. The Labute approximate surface area is 239 Å². The first-order chi connectivity index (χ1) is 19.6. The van der Waals surface area contributed by atoms with Crippen molar-refractivity contribution in [2.24, 2.45) is 5.92 Å². The highest BCUT2D eigenvalue weighted by Crippen LogP contribution is 2.41. The largest absolute Gasteiger partial charge is 0.508 e. The van der Waals surface area contributed by atoms with Gasteiger partial charge < -0.3 is 19.5 Å². The lowest BCUT2D eigenvalue weighted by Crippen LogP contribution is -2.52. The lowest BCUT2D eigenvalue weighted by atomic mass is 9.73. The summed E-state index contributed by atoms with van der Waals surface area (Å²) in [5.74, 6) is 3.61. The number of nitrogens with zero attached hydrogens (tertiary/aromatic N) is 2. The van der Waals surface area contributed by atoms with Gasteiger partial charge in [0.25, 0.3) is 0 Å². The zero-order chi connectivity index (χ0) is 27.5. The van der Waals surface area contributed by atoms with Crippen LogP contribution in [0.3, 0.4) is 0 Å². The van der Waals surface area contributed by atoms with Crippen molar-refractivity contribution in [3.8, 4) is 17.2 Å². The first-order valence-corrected chi connectivity index (χ1v) is 15.3. The summed E-state index contributed by atoms with van der Waals surface area (Å²) in [5, 5.41) is 9.92. The molecule has 0 amide bonds. The number of rotatable bonds is 10. The highest BCUT2D eigenvalue weighted by Gasteiger charge is 2.37. The van der Waals surface area contributed by atoms with Gasteiger partial charge >= 0.3 is 0 Å². The topological polar surface area (TPSA) is 45.2 Å². The summed E-state index contributed by atoms with van der Waals surface area (Å²) in [7, 11) is 1.74. The number of phenols is 1. The van der Waals surface area contributed by atoms with Crippen LogP contribution in [0.15, 0.2) is 60.7 Å². The van der Waals surface area contributed by atoms with Crippen LogP contribution in [0, 0.1) is 5.92 Å². The molecule has 5 heteroatoms. The Hall–Kier alpha value is -3.18. The molecule has 0 aromatic heterocycles. The Kier molecular flexibility index (Phi) is 8.20. The maximum absolute atomic E-state index is 9.92. The summed E-state index contributed by atoms with van der Waals surface area (Å²) in [5.41, 5.74) is 6.55. The van der Waals surface area contributed by atoms with Crippen molar-refractivity contribution in [2.45, 2.75) is 70.4 Å². The number of aromatic hydroxyl groups is 1. The van der Waals surface area contributed by atoms with Gasteiger partial charge in [-0.3, -0.25) is 4.90 Å². The molecule has 1 aliphatic heterocycles. The van der Waals surface area contributed by atoms with Crippen molar-refractivity contribution in [3.05, 3.63) is 82.9 Å². The minimum atomic E-state index is 0.365. The quantitative estimate of drug-likeness (QED) is 0.301. The molecule has 212 valence electrons. The molecule has 3 aromatic carbocycles. The molecule has 1 N–H and O–H groups in total.